The Kier molecular flexibility index (Phi) is 9.73. The van der Waals surface area contributed by atoms with Gasteiger partial charge >= 0.3 is 0 Å². The molecule has 6 nitrogen and oxygen atoms in total. The van der Waals surface area contributed by atoms with Crippen molar-refractivity contribution in [1.29, 1.82) is 0 Å². The van der Waals surface area contributed by atoms with Crippen LogP contribution in [0.2, 0.25) is 0 Å². The Labute approximate surface area is 223 Å². The first-order chi connectivity index (χ1) is 18.5. The highest BCUT2D eigenvalue weighted by Crippen LogP contribution is 2.31. The van der Waals surface area contributed by atoms with Crippen molar-refractivity contribution in [3.63, 3.8) is 0 Å². The average Bonchev–Trinajstić information content (AvgIpc) is 2.95. The number of halogens is 1. The van der Waals surface area contributed by atoms with E-state index in [0.717, 1.165) is 24.0 Å². The number of fused-ring (bicyclic) bond motifs is 1. The van der Waals surface area contributed by atoms with E-state index in [0.29, 0.717) is 49.7 Å². The van der Waals surface area contributed by atoms with Gasteiger partial charge in [-0.25, -0.2) is 4.39 Å². The first-order valence-electron chi connectivity index (χ1n) is 13.3. The lowest BCUT2D eigenvalue weighted by atomic mass is 10.0. The van der Waals surface area contributed by atoms with Gasteiger partial charge in [0.15, 0.2) is 11.5 Å². The van der Waals surface area contributed by atoms with Crippen molar-refractivity contribution in [2.45, 2.75) is 51.6 Å². The summed E-state index contributed by atoms with van der Waals surface area (Å²) in [6, 6.07) is 20.9. The predicted molar refractivity (Wildman–Crippen MR) is 145 cm³/mol. The van der Waals surface area contributed by atoms with E-state index >= 15 is 0 Å². The molecule has 0 saturated carbocycles. The van der Waals surface area contributed by atoms with E-state index in [9.17, 15) is 14.0 Å². The van der Waals surface area contributed by atoms with Crippen LogP contribution >= 0.6 is 0 Å². The lowest BCUT2D eigenvalue weighted by Crippen LogP contribution is -2.50. The molecule has 4 rings (SSSR count). The van der Waals surface area contributed by atoms with Gasteiger partial charge in [-0.1, -0.05) is 67.9 Å². The van der Waals surface area contributed by atoms with Gasteiger partial charge in [0.05, 0.1) is 0 Å². The molecule has 1 atom stereocenters. The average molecular weight is 519 g/mol. The zero-order valence-corrected chi connectivity index (χ0v) is 21.8. The molecule has 1 heterocycles. The molecule has 7 heteroatoms. The second-order valence-electron chi connectivity index (χ2n) is 9.44. The number of carbonyl (C=O) groups excluding carboxylic acids is 2. The van der Waals surface area contributed by atoms with Crippen molar-refractivity contribution in [2.75, 3.05) is 19.8 Å². The van der Waals surface area contributed by atoms with E-state index in [1.807, 2.05) is 48.5 Å². The van der Waals surface area contributed by atoms with Crippen LogP contribution in [0.3, 0.4) is 0 Å². The van der Waals surface area contributed by atoms with Crippen LogP contribution in [0, 0.1) is 5.82 Å². The molecule has 200 valence electrons. The summed E-state index contributed by atoms with van der Waals surface area (Å²) in [5, 5.41) is 2.99. The largest absolute Gasteiger partial charge is 0.486 e. The maximum absolute atomic E-state index is 14.7. The molecule has 0 saturated heterocycles. The molecule has 0 fully saturated rings. The Hall–Kier alpha value is -3.87. The second kappa shape index (κ2) is 13.6. The van der Waals surface area contributed by atoms with Crippen LogP contribution in [0.1, 0.15) is 42.9 Å². The van der Waals surface area contributed by atoms with Crippen molar-refractivity contribution in [2.24, 2.45) is 0 Å². The number of carbonyl (C=O) groups is 2. The summed E-state index contributed by atoms with van der Waals surface area (Å²) in [6.45, 7) is 3.59. The number of unbranched alkanes of at least 4 members (excludes halogenated alkanes) is 1. The van der Waals surface area contributed by atoms with Crippen LogP contribution in [0.5, 0.6) is 11.5 Å². The smallest absolute Gasteiger partial charge is 0.243 e. The highest BCUT2D eigenvalue weighted by molar-refractivity contribution is 5.88. The molecule has 0 bridgehead atoms. The zero-order valence-electron chi connectivity index (χ0n) is 21.8. The van der Waals surface area contributed by atoms with E-state index < -0.39 is 11.9 Å². The van der Waals surface area contributed by atoms with Crippen LogP contribution in [0.4, 0.5) is 4.39 Å². The van der Waals surface area contributed by atoms with Gasteiger partial charge in [0.2, 0.25) is 11.8 Å². The SMILES string of the molecule is CCCCNC(=O)[C@H](Cc1ccccc1)N(Cc1ccccc1F)C(=O)CCc1ccc2c(c1)OCCO2. The molecule has 0 spiro atoms. The topological polar surface area (TPSA) is 67.9 Å². The van der Waals surface area contributed by atoms with Crippen LogP contribution in [0.25, 0.3) is 0 Å². The Morgan fingerprint density at radius 2 is 1.68 bits per heavy atom. The number of hydrogen-bond acceptors (Lipinski definition) is 4. The summed E-state index contributed by atoms with van der Waals surface area (Å²) < 4.78 is 26.0. The molecule has 2 amide bonds. The molecule has 0 unspecified atom stereocenters. The minimum Gasteiger partial charge on any atom is -0.486 e. The quantitative estimate of drug-likeness (QED) is 0.340. The molecule has 3 aromatic rings. The molecule has 3 aromatic carbocycles. The monoisotopic (exact) mass is 518 g/mol. The number of benzene rings is 3. The van der Waals surface area contributed by atoms with E-state index in [1.54, 1.807) is 18.2 Å². The molecule has 0 aromatic heterocycles. The molecule has 0 radical (unpaired) electrons. The summed E-state index contributed by atoms with van der Waals surface area (Å²) in [6.07, 6.45) is 2.75. The van der Waals surface area contributed by atoms with Gasteiger partial charge in [-0.3, -0.25) is 9.59 Å². The summed E-state index contributed by atoms with van der Waals surface area (Å²) in [4.78, 5) is 28.7. The number of ether oxygens (including phenoxy) is 2. The Morgan fingerprint density at radius 3 is 2.45 bits per heavy atom. The normalized spacial score (nSPS) is 13.0. The number of rotatable bonds is 12. The van der Waals surface area contributed by atoms with Gasteiger partial charge in [0.1, 0.15) is 25.1 Å². The Bertz CT molecular complexity index is 1220. The van der Waals surface area contributed by atoms with Crippen molar-refractivity contribution < 1.29 is 23.5 Å². The molecule has 38 heavy (non-hydrogen) atoms. The summed E-state index contributed by atoms with van der Waals surface area (Å²) in [7, 11) is 0. The van der Waals surface area contributed by atoms with Gasteiger partial charge in [-0.2, -0.15) is 0 Å². The number of aryl methyl sites for hydroxylation is 1. The van der Waals surface area contributed by atoms with Gasteiger partial charge in [0.25, 0.3) is 0 Å². The minimum atomic E-state index is -0.776. The second-order valence-corrected chi connectivity index (χ2v) is 9.44. The molecule has 0 aliphatic carbocycles. The fourth-order valence-electron chi connectivity index (χ4n) is 4.51. The van der Waals surface area contributed by atoms with E-state index in [1.165, 1.54) is 11.0 Å². The van der Waals surface area contributed by atoms with Crippen LogP contribution in [-0.2, 0) is 29.0 Å². The van der Waals surface area contributed by atoms with Gasteiger partial charge in [-0.15, -0.1) is 0 Å². The van der Waals surface area contributed by atoms with Gasteiger partial charge in [0, 0.05) is 31.5 Å². The first-order valence-corrected chi connectivity index (χ1v) is 13.3. The van der Waals surface area contributed by atoms with Gasteiger partial charge in [-0.05, 0) is 42.2 Å². The van der Waals surface area contributed by atoms with Crippen LogP contribution in [-0.4, -0.2) is 42.5 Å². The highest BCUT2D eigenvalue weighted by Gasteiger charge is 2.30. The third kappa shape index (κ3) is 7.34. The van der Waals surface area contributed by atoms with E-state index in [4.69, 9.17) is 9.47 Å². The maximum Gasteiger partial charge on any atom is 0.243 e. The van der Waals surface area contributed by atoms with Crippen molar-refractivity contribution >= 4 is 11.8 Å². The third-order valence-electron chi connectivity index (χ3n) is 6.63. The molecule has 1 N–H and O–H groups in total. The maximum atomic E-state index is 14.7. The number of amides is 2. The van der Waals surface area contributed by atoms with Crippen LogP contribution < -0.4 is 14.8 Å². The van der Waals surface area contributed by atoms with E-state index in [2.05, 4.69) is 12.2 Å². The highest BCUT2D eigenvalue weighted by atomic mass is 19.1. The molecule has 1 aliphatic rings. The lowest BCUT2D eigenvalue weighted by molar-refractivity contribution is -0.141. The Balaban J connectivity index is 1.58. The first kappa shape index (κ1) is 27.2. The molecular formula is C31H35FN2O4. The van der Waals surface area contributed by atoms with Crippen molar-refractivity contribution in [3.8, 4) is 11.5 Å². The van der Waals surface area contributed by atoms with Crippen LogP contribution in [0.15, 0.2) is 72.8 Å². The third-order valence-corrected chi connectivity index (χ3v) is 6.63. The van der Waals surface area contributed by atoms with E-state index in [-0.39, 0.29) is 24.8 Å². The van der Waals surface area contributed by atoms with Crippen molar-refractivity contribution in [1.82, 2.24) is 10.2 Å². The fraction of sp³-hybridized carbons (Fsp3) is 0.355. The standard InChI is InChI=1S/C31H35FN2O4/c1-2-3-17-33-31(36)27(20-23-9-5-4-6-10-23)34(22-25-11-7-8-12-26(25)32)30(35)16-14-24-13-15-28-29(21-24)38-19-18-37-28/h4-13,15,21,27H,2-3,14,16-20,22H2,1H3,(H,33,36)/t27-/m0/s1. The minimum absolute atomic E-state index is 0.00530. The number of hydrogen-bond donors (Lipinski definition) is 1. The number of nitrogens with zero attached hydrogens (tertiary/aromatic N) is 1. The molecular weight excluding hydrogens is 483 g/mol. The molecule has 1 aliphatic heterocycles. The van der Waals surface area contributed by atoms with Gasteiger partial charge < -0.3 is 19.7 Å². The summed E-state index contributed by atoms with van der Waals surface area (Å²) in [5.41, 5.74) is 2.24. The zero-order chi connectivity index (χ0) is 26.7. The predicted octanol–water partition coefficient (Wildman–Crippen LogP) is 5.09. The fourth-order valence-corrected chi connectivity index (χ4v) is 4.51. The number of nitrogens with one attached hydrogen (secondary N) is 1. The summed E-state index contributed by atoms with van der Waals surface area (Å²) in [5.74, 6) is 0.517. The lowest BCUT2D eigenvalue weighted by Gasteiger charge is -2.32. The van der Waals surface area contributed by atoms with Crippen molar-refractivity contribution in [3.05, 3.63) is 95.3 Å². The summed E-state index contributed by atoms with van der Waals surface area (Å²) >= 11 is 0. The Morgan fingerprint density at radius 1 is 0.947 bits per heavy atom.